The predicted octanol–water partition coefficient (Wildman–Crippen LogP) is 2.23. The molecule has 0 saturated heterocycles. The second kappa shape index (κ2) is 8.35. The molecule has 7 nitrogen and oxygen atoms in total. The molecule has 146 valence electrons. The normalized spacial score (nSPS) is 14.2. The molecule has 2 aromatic rings. The molecule has 1 atom stereocenters. The van der Waals surface area contributed by atoms with E-state index in [1.165, 1.54) is 11.3 Å². The van der Waals surface area contributed by atoms with Crippen LogP contribution < -0.4 is 5.32 Å². The first-order valence-corrected chi connectivity index (χ1v) is 9.70. The highest BCUT2D eigenvalue weighted by atomic mass is 32.1. The molecule has 28 heavy (non-hydrogen) atoms. The zero-order valence-corrected chi connectivity index (χ0v) is 16.3. The van der Waals surface area contributed by atoms with Gasteiger partial charge in [-0.3, -0.25) is 19.3 Å². The topological polar surface area (TPSA) is 92.8 Å². The highest BCUT2D eigenvalue weighted by molar-refractivity contribution is 7.09. The van der Waals surface area contributed by atoms with Crippen LogP contribution in [0.3, 0.4) is 0 Å². The Kier molecular flexibility index (Phi) is 5.89. The fraction of sp³-hybridized carbons (Fsp3) is 0.300. The number of ether oxygens (including phenoxy) is 1. The Balaban J connectivity index is 1.64. The maximum Gasteiger partial charge on any atom is 0.330 e. The number of thiophene rings is 1. The van der Waals surface area contributed by atoms with Crippen LogP contribution in [0.25, 0.3) is 0 Å². The number of hydrogen-bond acceptors (Lipinski definition) is 6. The Morgan fingerprint density at radius 1 is 1.07 bits per heavy atom. The van der Waals surface area contributed by atoms with Gasteiger partial charge in [0.25, 0.3) is 17.7 Å². The largest absolute Gasteiger partial charge is 0.454 e. The highest BCUT2D eigenvalue weighted by Crippen LogP contribution is 2.27. The van der Waals surface area contributed by atoms with Crippen LogP contribution in [0, 0.1) is 5.92 Å². The van der Waals surface area contributed by atoms with Crippen molar-refractivity contribution in [2.75, 3.05) is 6.61 Å². The van der Waals surface area contributed by atoms with Crippen molar-refractivity contribution in [1.82, 2.24) is 10.2 Å². The quantitative estimate of drug-likeness (QED) is 0.568. The van der Waals surface area contributed by atoms with Crippen LogP contribution in [0.5, 0.6) is 0 Å². The molecule has 0 saturated carbocycles. The van der Waals surface area contributed by atoms with Gasteiger partial charge in [0.15, 0.2) is 6.61 Å². The van der Waals surface area contributed by atoms with Gasteiger partial charge in [-0.1, -0.05) is 32.0 Å². The monoisotopic (exact) mass is 400 g/mol. The summed E-state index contributed by atoms with van der Waals surface area (Å²) in [6.45, 7) is 3.30. The molecule has 0 fully saturated rings. The lowest BCUT2D eigenvalue weighted by Gasteiger charge is -2.27. The van der Waals surface area contributed by atoms with Crippen LogP contribution in [-0.4, -0.2) is 41.2 Å². The first kappa shape index (κ1) is 19.8. The van der Waals surface area contributed by atoms with Crippen LogP contribution in [0.1, 0.15) is 39.4 Å². The highest BCUT2D eigenvalue weighted by Gasteiger charge is 2.44. The maximum absolute atomic E-state index is 12.6. The van der Waals surface area contributed by atoms with E-state index < -0.39 is 36.3 Å². The zero-order valence-electron chi connectivity index (χ0n) is 15.5. The van der Waals surface area contributed by atoms with Gasteiger partial charge < -0.3 is 10.1 Å². The van der Waals surface area contributed by atoms with Crippen LogP contribution in [-0.2, 0) is 20.9 Å². The van der Waals surface area contributed by atoms with Gasteiger partial charge in [-0.2, -0.15) is 0 Å². The van der Waals surface area contributed by atoms with Gasteiger partial charge >= 0.3 is 5.97 Å². The third kappa shape index (κ3) is 3.96. The van der Waals surface area contributed by atoms with Crippen LogP contribution >= 0.6 is 11.3 Å². The summed E-state index contributed by atoms with van der Waals surface area (Å²) >= 11 is 1.51. The van der Waals surface area contributed by atoms with E-state index in [0.29, 0.717) is 6.54 Å². The average molecular weight is 400 g/mol. The van der Waals surface area contributed by atoms with Crippen LogP contribution in [0.15, 0.2) is 41.8 Å². The van der Waals surface area contributed by atoms with Crippen molar-refractivity contribution < 1.29 is 23.9 Å². The molecule has 1 N–H and O–H groups in total. The first-order chi connectivity index (χ1) is 13.4. The fourth-order valence-corrected chi connectivity index (χ4v) is 3.65. The minimum Gasteiger partial charge on any atom is -0.454 e. The lowest BCUT2D eigenvalue weighted by atomic mass is 10.0. The molecule has 1 aromatic carbocycles. The van der Waals surface area contributed by atoms with Crippen LogP contribution in [0.4, 0.5) is 0 Å². The molecule has 1 aliphatic rings. The number of nitrogens with zero attached hydrogens (tertiary/aromatic N) is 1. The predicted molar refractivity (Wildman–Crippen MR) is 103 cm³/mol. The zero-order chi connectivity index (χ0) is 20.3. The van der Waals surface area contributed by atoms with Crippen molar-refractivity contribution in [3.05, 3.63) is 57.8 Å². The SMILES string of the molecule is CC(C)[C@H](C(=O)OCC(=O)NCc1cccs1)N1C(=O)c2ccccc2C1=O. The Morgan fingerprint density at radius 3 is 2.25 bits per heavy atom. The first-order valence-electron chi connectivity index (χ1n) is 8.82. The smallest absolute Gasteiger partial charge is 0.330 e. The summed E-state index contributed by atoms with van der Waals surface area (Å²) in [4.78, 5) is 51.7. The summed E-state index contributed by atoms with van der Waals surface area (Å²) in [5.41, 5.74) is 0.527. The number of imide groups is 1. The third-order valence-corrected chi connectivity index (χ3v) is 5.24. The van der Waals surface area contributed by atoms with E-state index in [1.807, 2.05) is 17.5 Å². The molecule has 0 spiro atoms. The second-order valence-corrected chi connectivity index (χ2v) is 7.71. The molecule has 0 aliphatic carbocycles. The molecule has 0 bridgehead atoms. The molecule has 2 heterocycles. The van der Waals surface area contributed by atoms with Gasteiger partial charge in [0.05, 0.1) is 17.7 Å². The lowest BCUT2D eigenvalue weighted by molar-refractivity contribution is -0.153. The van der Waals surface area contributed by atoms with E-state index in [9.17, 15) is 19.2 Å². The maximum atomic E-state index is 12.6. The second-order valence-electron chi connectivity index (χ2n) is 6.68. The summed E-state index contributed by atoms with van der Waals surface area (Å²) in [7, 11) is 0. The Morgan fingerprint density at radius 2 is 1.71 bits per heavy atom. The van der Waals surface area contributed by atoms with Gasteiger partial charge in [-0.25, -0.2) is 4.79 Å². The van der Waals surface area contributed by atoms with E-state index in [1.54, 1.807) is 38.1 Å². The van der Waals surface area contributed by atoms with Crippen molar-refractivity contribution in [3.63, 3.8) is 0 Å². The average Bonchev–Trinajstić information content (AvgIpc) is 3.28. The number of rotatable bonds is 7. The Hall–Kier alpha value is -3.00. The molecular formula is C20H20N2O5S. The Labute approximate surface area is 166 Å². The van der Waals surface area contributed by atoms with Gasteiger partial charge in [0, 0.05) is 4.88 Å². The van der Waals surface area contributed by atoms with Gasteiger partial charge in [0.1, 0.15) is 6.04 Å². The molecule has 1 aliphatic heterocycles. The number of benzene rings is 1. The number of carbonyl (C=O) groups excluding carboxylic acids is 4. The fourth-order valence-electron chi connectivity index (χ4n) is 3.01. The summed E-state index contributed by atoms with van der Waals surface area (Å²) in [5, 5.41) is 4.56. The number of hydrogen-bond donors (Lipinski definition) is 1. The van der Waals surface area contributed by atoms with Crippen molar-refractivity contribution in [2.45, 2.75) is 26.4 Å². The van der Waals surface area contributed by atoms with E-state index in [0.717, 1.165) is 9.78 Å². The number of esters is 1. The van der Waals surface area contributed by atoms with Crippen molar-refractivity contribution in [2.24, 2.45) is 5.92 Å². The summed E-state index contributed by atoms with van der Waals surface area (Å²) in [6.07, 6.45) is 0. The van der Waals surface area contributed by atoms with Gasteiger partial charge in [-0.15, -0.1) is 11.3 Å². The number of amides is 3. The van der Waals surface area contributed by atoms with E-state index in [4.69, 9.17) is 4.74 Å². The minimum atomic E-state index is -1.10. The van der Waals surface area contributed by atoms with Crippen molar-refractivity contribution in [3.8, 4) is 0 Å². The molecule has 8 heteroatoms. The molecule has 3 rings (SSSR count). The van der Waals surface area contributed by atoms with Gasteiger partial charge in [0.2, 0.25) is 0 Å². The summed E-state index contributed by atoms with van der Waals surface area (Å²) < 4.78 is 5.11. The summed E-state index contributed by atoms with van der Waals surface area (Å²) in [6, 6.07) is 9.09. The molecule has 1 aromatic heterocycles. The lowest BCUT2D eigenvalue weighted by Crippen LogP contribution is -2.49. The van der Waals surface area contributed by atoms with Crippen molar-refractivity contribution >= 4 is 35.0 Å². The number of nitrogens with one attached hydrogen (secondary N) is 1. The standard InChI is InChI=1S/C20H20N2O5S/c1-12(2)17(22-18(24)14-7-3-4-8-15(14)19(22)25)20(26)27-11-16(23)21-10-13-6-5-9-28-13/h3-9,12,17H,10-11H2,1-2H3,(H,21,23)/t17-/m1/s1. The summed E-state index contributed by atoms with van der Waals surface area (Å²) in [5.74, 6) is -2.66. The number of fused-ring (bicyclic) bond motifs is 1. The molecular weight excluding hydrogens is 380 g/mol. The van der Waals surface area contributed by atoms with E-state index >= 15 is 0 Å². The third-order valence-electron chi connectivity index (χ3n) is 4.36. The molecule has 0 unspecified atom stereocenters. The van der Waals surface area contributed by atoms with Gasteiger partial charge in [-0.05, 0) is 29.5 Å². The van der Waals surface area contributed by atoms with E-state index in [2.05, 4.69) is 5.32 Å². The minimum absolute atomic E-state index is 0.264. The molecule has 0 radical (unpaired) electrons. The van der Waals surface area contributed by atoms with E-state index in [-0.39, 0.29) is 17.0 Å². The van der Waals surface area contributed by atoms with Crippen molar-refractivity contribution in [1.29, 1.82) is 0 Å². The number of carbonyl (C=O) groups is 4. The molecule has 3 amide bonds. The van der Waals surface area contributed by atoms with Crippen LogP contribution in [0.2, 0.25) is 0 Å². The Bertz CT molecular complexity index is 872.